The first-order chi connectivity index (χ1) is 3.60. The molecule has 0 N–H and O–H groups in total. The van der Waals surface area contributed by atoms with Gasteiger partial charge in [0.25, 0.3) is 0 Å². The van der Waals surface area contributed by atoms with Gasteiger partial charge in [0, 0.05) is 5.75 Å². The molecule has 1 aliphatic rings. The van der Waals surface area contributed by atoms with Crippen molar-refractivity contribution in [1.29, 1.82) is 0 Å². The van der Waals surface area contributed by atoms with Crippen LogP contribution in [0, 0.1) is 0 Å². The zero-order chi connectivity index (χ0) is 6.20. The van der Waals surface area contributed by atoms with E-state index in [1.807, 2.05) is 13.8 Å². The van der Waals surface area contributed by atoms with Gasteiger partial charge < -0.3 is 4.74 Å². The van der Waals surface area contributed by atoms with Crippen molar-refractivity contribution in [2.24, 2.45) is 0 Å². The van der Waals surface area contributed by atoms with Gasteiger partial charge in [-0.3, -0.25) is 0 Å². The Bertz CT molecular complexity index is 120. The number of thiocarbonyl (C=S) groups is 1. The molecule has 1 aliphatic heterocycles. The van der Waals surface area contributed by atoms with Crippen LogP contribution in [0.5, 0.6) is 0 Å². The predicted octanol–water partition coefficient (Wildman–Crippen LogP) is 1.81. The molecule has 0 atom stereocenters. The molecule has 0 aliphatic carbocycles. The van der Waals surface area contributed by atoms with Crippen molar-refractivity contribution in [2.75, 3.05) is 5.75 Å². The van der Waals surface area contributed by atoms with Crippen molar-refractivity contribution in [3.8, 4) is 0 Å². The molecule has 1 saturated heterocycles. The highest BCUT2D eigenvalue weighted by molar-refractivity contribution is 8.22. The third kappa shape index (κ3) is 1.36. The van der Waals surface area contributed by atoms with Gasteiger partial charge in [-0.25, -0.2) is 0 Å². The molecule has 0 amide bonds. The lowest BCUT2D eigenvalue weighted by atomic mass is 10.2. The zero-order valence-corrected chi connectivity index (χ0v) is 6.56. The second-order valence-electron chi connectivity index (χ2n) is 2.40. The van der Waals surface area contributed by atoms with Crippen molar-refractivity contribution in [2.45, 2.75) is 19.4 Å². The Hall–Kier alpha value is 0.240. The number of ether oxygens (including phenoxy) is 1. The first-order valence-corrected chi connectivity index (χ1v) is 3.85. The van der Waals surface area contributed by atoms with Crippen LogP contribution in [-0.4, -0.2) is 15.7 Å². The van der Waals surface area contributed by atoms with Gasteiger partial charge in [0.1, 0.15) is 5.60 Å². The van der Waals surface area contributed by atoms with Crippen LogP contribution >= 0.6 is 24.0 Å². The molecule has 8 heavy (non-hydrogen) atoms. The smallest absolute Gasteiger partial charge is 0.220 e. The van der Waals surface area contributed by atoms with E-state index in [2.05, 4.69) is 0 Å². The summed E-state index contributed by atoms with van der Waals surface area (Å²) in [6.45, 7) is 4.08. The summed E-state index contributed by atoms with van der Waals surface area (Å²) in [5, 5.41) is 0. The molecule has 0 unspecified atom stereocenters. The molecule has 3 heteroatoms. The SMILES string of the molecule is CC1(C)CSC(=S)O1. The van der Waals surface area contributed by atoms with Crippen LogP contribution in [0.25, 0.3) is 0 Å². The van der Waals surface area contributed by atoms with Crippen LogP contribution in [0.3, 0.4) is 0 Å². The Kier molecular flexibility index (Phi) is 1.50. The van der Waals surface area contributed by atoms with Crippen molar-refractivity contribution >= 4 is 28.4 Å². The summed E-state index contributed by atoms with van der Waals surface area (Å²) in [6, 6.07) is 0. The summed E-state index contributed by atoms with van der Waals surface area (Å²) in [7, 11) is 0. The van der Waals surface area contributed by atoms with E-state index in [9.17, 15) is 0 Å². The highest BCUT2D eigenvalue weighted by Gasteiger charge is 2.28. The molecule has 0 aromatic rings. The van der Waals surface area contributed by atoms with Gasteiger partial charge in [-0.1, -0.05) is 11.8 Å². The maximum Gasteiger partial charge on any atom is 0.220 e. The lowest BCUT2D eigenvalue weighted by Gasteiger charge is -2.13. The van der Waals surface area contributed by atoms with E-state index in [-0.39, 0.29) is 5.60 Å². The first kappa shape index (κ1) is 6.36. The van der Waals surface area contributed by atoms with Crippen LogP contribution in [0.15, 0.2) is 0 Å². The van der Waals surface area contributed by atoms with Gasteiger partial charge in [-0.05, 0) is 26.1 Å². The van der Waals surface area contributed by atoms with E-state index in [0.29, 0.717) is 4.38 Å². The Morgan fingerprint density at radius 3 is 2.50 bits per heavy atom. The molecule has 1 fully saturated rings. The van der Waals surface area contributed by atoms with Crippen LogP contribution in [0.4, 0.5) is 0 Å². The van der Waals surface area contributed by atoms with E-state index in [1.165, 1.54) is 0 Å². The number of thioether (sulfide) groups is 1. The Morgan fingerprint density at radius 2 is 2.38 bits per heavy atom. The third-order valence-electron chi connectivity index (χ3n) is 0.897. The van der Waals surface area contributed by atoms with E-state index in [0.717, 1.165) is 5.75 Å². The second-order valence-corrected chi connectivity index (χ2v) is 3.98. The Balaban J connectivity index is 2.56. The van der Waals surface area contributed by atoms with E-state index < -0.39 is 0 Å². The molecule has 0 aromatic carbocycles. The van der Waals surface area contributed by atoms with Gasteiger partial charge in [-0.15, -0.1) is 0 Å². The summed E-state index contributed by atoms with van der Waals surface area (Å²) in [5.41, 5.74) is -0.0122. The van der Waals surface area contributed by atoms with E-state index in [4.69, 9.17) is 17.0 Å². The van der Waals surface area contributed by atoms with Gasteiger partial charge in [0.2, 0.25) is 4.38 Å². The summed E-state index contributed by atoms with van der Waals surface area (Å²) in [4.78, 5) is 0. The molecule has 46 valence electrons. The normalized spacial score (nSPS) is 25.5. The molecule has 0 spiro atoms. The molecule has 0 aromatic heterocycles. The quantitative estimate of drug-likeness (QED) is 0.485. The average Bonchev–Trinajstić information content (AvgIpc) is 1.82. The molecule has 1 nitrogen and oxygen atoms in total. The fourth-order valence-corrected chi connectivity index (χ4v) is 1.73. The Morgan fingerprint density at radius 1 is 1.75 bits per heavy atom. The van der Waals surface area contributed by atoms with E-state index in [1.54, 1.807) is 11.8 Å². The fraction of sp³-hybridized carbons (Fsp3) is 0.800. The fourth-order valence-electron chi connectivity index (χ4n) is 0.517. The van der Waals surface area contributed by atoms with Crippen LogP contribution in [0.2, 0.25) is 0 Å². The molecular weight excluding hydrogens is 140 g/mol. The molecule has 1 rings (SSSR count). The molecule has 0 saturated carbocycles. The van der Waals surface area contributed by atoms with Crippen molar-refractivity contribution in [3.05, 3.63) is 0 Å². The minimum atomic E-state index is -0.0122. The predicted molar refractivity (Wildman–Crippen MR) is 40.2 cm³/mol. The van der Waals surface area contributed by atoms with Gasteiger partial charge in [-0.2, -0.15) is 0 Å². The topological polar surface area (TPSA) is 9.23 Å². The lowest BCUT2D eigenvalue weighted by molar-refractivity contribution is 0.142. The minimum absolute atomic E-state index is 0.0122. The monoisotopic (exact) mass is 148 g/mol. The number of rotatable bonds is 0. The van der Waals surface area contributed by atoms with Crippen molar-refractivity contribution in [1.82, 2.24) is 0 Å². The van der Waals surface area contributed by atoms with Crippen LogP contribution in [0.1, 0.15) is 13.8 Å². The maximum atomic E-state index is 5.24. The van der Waals surface area contributed by atoms with Crippen LogP contribution < -0.4 is 0 Å². The number of hydrogen-bond acceptors (Lipinski definition) is 3. The second kappa shape index (κ2) is 1.88. The summed E-state index contributed by atoms with van der Waals surface area (Å²) in [6.07, 6.45) is 0. The molecule has 0 bridgehead atoms. The standard InChI is InChI=1S/C5H8OS2/c1-5(2)3-8-4(7)6-5/h3H2,1-2H3. The molecule has 1 heterocycles. The van der Waals surface area contributed by atoms with Gasteiger partial charge >= 0.3 is 0 Å². The Labute approximate surface area is 58.8 Å². The third-order valence-corrected chi connectivity index (χ3v) is 2.49. The van der Waals surface area contributed by atoms with Crippen molar-refractivity contribution < 1.29 is 4.74 Å². The minimum Gasteiger partial charge on any atom is -0.472 e. The van der Waals surface area contributed by atoms with Gasteiger partial charge in [0.15, 0.2) is 0 Å². The van der Waals surface area contributed by atoms with Crippen molar-refractivity contribution in [3.63, 3.8) is 0 Å². The first-order valence-electron chi connectivity index (χ1n) is 2.46. The van der Waals surface area contributed by atoms with Crippen LogP contribution in [-0.2, 0) is 4.74 Å². The molecule has 0 radical (unpaired) electrons. The average molecular weight is 148 g/mol. The summed E-state index contributed by atoms with van der Waals surface area (Å²) in [5.74, 6) is 0.992. The zero-order valence-electron chi connectivity index (χ0n) is 4.93. The highest BCUT2D eigenvalue weighted by atomic mass is 32.2. The molecular formula is C5H8OS2. The summed E-state index contributed by atoms with van der Waals surface area (Å²) >= 11 is 6.42. The highest BCUT2D eigenvalue weighted by Crippen LogP contribution is 2.28. The van der Waals surface area contributed by atoms with Gasteiger partial charge in [0.05, 0.1) is 0 Å². The van der Waals surface area contributed by atoms with E-state index >= 15 is 0 Å². The lowest BCUT2D eigenvalue weighted by Crippen LogP contribution is -2.20. The number of hydrogen-bond donors (Lipinski definition) is 0. The summed E-state index contributed by atoms with van der Waals surface area (Å²) < 4.78 is 5.93. The maximum absolute atomic E-state index is 5.24. The largest absolute Gasteiger partial charge is 0.472 e.